The highest BCUT2D eigenvalue weighted by Gasteiger charge is 2.14. The van der Waals surface area contributed by atoms with E-state index in [-0.39, 0.29) is 11.9 Å². The first-order chi connectivity index (χ1) is 9.47. The van der Waals surface area contributed by atoms with Gasteiger partial charge in [0.15, 0.2) is 0 Å². The van der Waals surface area contributed by atoms with Gasteiger partial charge in [-0.15, -0.1) is 0 Å². The summed E-state index contributed by atoms with van der Waals surface area (Å²) in [4.78, 5) is 12.2. The summed E-state index contributed by atoms with van der Waals surface area (Å²) in [5, 5.41) is 3.79. The monoisotopic (exact) mass is 307 g/mol. The lowest BCUT2D eigenvalue weighted by molar-refractivity contribution is 0.0940. The number of nitrogens with one attached hydrogen (secondary N) is 1. The van der Waals surface area contributed by atoms with E-state index in [4.69, 9.17) is 23.2 Å². The third-order valence-electron chi connectivity index (χ3n) is 3.10. The third kappa shape index (κ3) is 3.53. The first kappa shape index (κ1) is 14.9. The Kier molecular flexibility index (Phi) is 4.69. The quantitative estimate of drug-likeness (QED) is 0.867. The highest BCUT2D eigenvalue weighted by atomic mass is 35.5. The fraction of sp³-hybridized carbons (Fsp3) is 0.188. The van der Waals surface area contributed by atoms with Crippen molar-refractivity contribution in [2.75, 3.05) is 0 Å². The summed E-state index contributed by atoms with van der Waals surface area (Å²) in [6, 6.07) is 12.8. The molecular formula is C16H15Cl2NO. The lowest BCUT2D eigenvalue weighted by Gasteiger charge is -2.15. The first-order valence-electron chi connectivity index (χ1n) is 6.30. The molecule has 1 unspecified atom stereocenters. The van der Waals surface area contributed by atoms with Crippen molar-refractivity contribution in [3.05, 3.63) is 69.2 Å². The summed E-state index contributed by atoms with van der Waals surface area (Å²) in [7, 11) is 0. The minimum absolute atomic E-state index is 0.0881. The van der Waals surface area contributed by atoms with Crippen molar-refractivity contribution in [1.82, 2.24) is 5.32 Å². The molecule has 0 aromatic heterocycles. The average Bonchev–Trinajstić information content (AvgIpc) is 2.39. The zero-order valence-electron chi connectivity index (χ0n) is 11.3. The van der Waals surface area contributed by atoms with E-state index in [1.165, 1.54) is 5.56 Å². The Morgan fingerprint density at radius 2 is 1.75 bits per heavy atom. The number of halogens is 2. The molecule has 1 N–H and O–H groups in total. The zero-order chi connectivity index (χ0) is 14.7. The van der Waals surface area contributed by atoms with Crippen LogP contribution in [0, 0.1) is 6.92 Å². The Hall–Kier alpha value is -1.51. The number of hydrogen-bond donors (Lipinski definition) is 1. The van der Waals surface area contributed by atoms with Gasteiger partial charge < -0.3 is 5.32 Å². The molecule has 4 heteroatoms. The minimum atomic E-state index is -0.209. The molecule has 20 heavy (non-hydrogen) atoms. The van der Waals surface area contributed by atoms with Gasteiger partial charge in [0, 0.05) is 5.02 Å². The van der Waals surface area contributed by atoms with E-state index in [0.29, 0.717) is 15.6 Å². The molecule has 0 saturated heterocycles. The van der Waals surface area contributed by atoms with Crippen LogP contribution in [0.3, 0.4) is 0 Å². The lowest BCUT2D eigenvalue weighted by Crippen LogP contribution is -2.26. The molecule has 0 fully saturated rings. The molecule has 0 heterocycles. The fourth-order valence-corrected chi connectivity index (χ4v) is 2.38. The normalized spacial score (nSPS) is 12.0. The van der Waals surface area contributed by atoms with Crippen LogP contribution in [-0.4, -0.2) is 5.91 Å². The molecule has 0 radical (unpaired) electrons. The van der Waals surface area contributed by atoms with Crippen molar-refractivity contribution < 1.29 is 4.79 Å². The molecule has 2 aromatic carbocycles. The second-order valence-electron chi connectivity index (χ2n) is 4.73. The number of rotatable bonds is 3. The van der Waals surface area contributed by atoms with Crippen LogP contribution in [-0.2, 0) is 0 Å². The Morgan fingerprint density at radius 3 is 2.35 bits per heavy atom. The maximum Gasteiger partial charge on any atom is 0.253 e. The van der Waals surface area contributed by atoms with E-state index in [2.05, 4.69) is 5.32 Å². The fourth-order valence-electron chi connectivity index (χ4n) is 1.89. The van der Waals surface area contributed by atoms with Crippen molar-refractivity contribution >= 4 is 29.1 Å². The summed E-state index contributed by atoms with van der Waals surface area (Å²) in [6.45, 7) is 3.97. The van der Waals surface area contributed by atoms with Gasteiger partial charge in [0.2, 0.25) is 0 Å². The van der Waals surface area contributed by atoms with Gasteiger partial charge in [0.25, 0.3) is 5.91 Å². The summed E-state index contributed by atoms with van der Waals surface area (Å²) < 4.78 is 0. The molecule has 0 aliphatic heterocycles. The summed E-state index contributed by atoms with van der Waals surface area (Å²) >= 11 is 11.9. The number of amides is 1. The van der Waals surface area contributed by atoms with Crippen LogP contribution in [0.15, 0.2) is 42.5 Å². The van der Waals surface area contributed by atoms with Crippen molar-refractivity contribution in [3.8, 4) is 0 Å². The molecule has 1 atom stereocenters. The van der Waals surface area contributed by atoms with Crippen molar-refractivity contribution in [2.45, 2.75) is 19.9 Å². The van der Waals surface area contributed by atoms with Crippen molar-refractivity contribution in [3.63, 3.8) is 0 Å². The molecular weight excluding hydrogens is 293 g/mol. The molecule has 0 saturated carbocycles. The summed E-state index contributed by atoms with van der Waals surface area (Å²) in [6.07, 6.45) is 0. The number of aryl methyl sites for hydroxylation is 1. The van der Waals surface area contributed by atoms with E-state index in [0.717, 1.165) is 5.56 Å². The second-order valence-corrected chi connectivity index (χ2v) is 5.57. The van der Waals surface area contributed by atoms with Gasteiger partial charge in [-0.25, -0.2) is 0 Å². The summed E-state index contributed by atoms with van der Waals surface area (Å²) in [5.74, 6) is -0.209. The van der Waals surface area contributed by atoms with Gasteiger partial charge in [-0.3, -0.25) is 4.79 Å². The molecule has 0 aliphatic rings. The maximum atomic E-state index is 12.2. The topological polar surface area (TPSA) is 29.1 Å². The maximum absolute atomic E-state index is 12.2. The highest BCUT2D eigenvalue weighted by Crippen LogP contribution is 2.22. The highest BCUT2D eigenvalue weighted by molar-refractivity contribution is 6.36. The zero-order valence-corrected chi connectivity index (χ0v) is 12.8. The van der Waals surface area contributed by atoms with E-state index < -0.39 is 0 Å². The predicted molar refractivity (Wildman–Crippen MR) is 83.5 cm³/mol. The Bertz CT molecular complexity index is 623. The minimum Gasteiger partial charge on any atom is -0.345 e. The Morgan fingerprint density at radius 1 is 1.10 bits per heavy atom. The van der Waals surface area contributed by atoms with Crippen LogP contribution in [0.5, 0.6) is 0 Å². The number of carbonyl (C=O) groups excluding carboxylic acids is 1. The molecule has 0 spiro atoms. The Labute approximate surface area is 128 Å². The molecule has 0 bridgehead atoms. The van der Waals surface area contributed by atoms with Gasteiger partial charge in [-0.1, -0.05) is 53.0 Å². The SMILES string of the molecule is Cc1ccc(C(C)NC(=O)c2ccc(Cl)cc2Cl)cc1. The molecule has 2 rings (SSSR count). The van der Waals surface area contributed by atoms with Gasteiger partial charge in [0.1, 0.15) is 0 Å². The van der Waals surface area contributed by atoms with E-state index in [9.17, 15) is 4.79 Å². The molecule has 2 nitrogen and oxygen atoms in total. The van der Waals surface area contributed by atoms with E-state index in [1.54, 1.807) is 18.2 Å². The number of benzene rings is 2. The first-order valence-corrected chi connectivity index (χ1v) is 7.05. The summed E-state index contributed by atoms with van der Waals surface area (Å²) in [5.41, 5.74) is 2.66. The van der Waals surface area contributed by atoms with Crippen molar-refractivity contribution in [2.24, 2.45) is 0 Å². The molecule has 2 aromatic rings. The lowest BCUT2D eigenvalue weighted by atomic mass is 10.1. The van der Waals surface area contributed by atoms with Crippen LogP contribution >= 0.6 is 23.2 Å². The Balaban J connectivity index is 2.13. The average molecular weight is 308 g/mol. The smallest absolute Gasteiger partial charge is 0.253 e. The van der Waals surface area contributed by atoms with Crippen LogP contribution in [0.1, 0.15) is 34.5 Å². The predicted octanol–water partition coefficient (Wildman–Crippen LogP) is 4.79. The molecule has 1 amide bonds. The van der Waals surface area contributed by atoms with Crippen LogP contribution in [0.2, 0.25) is 10.0 Å². The van der Waals surface area contributed by atoms with Gasteiger partial charge in [-0.2, -0.15) is 0 Å². The van der Waals surface area contributed by atoms with Gasteiger partial charge >= 0.3 is 0 Å². The second kappa shape index (κ2) is 6.29. The van der Waals surface area contributed by atoms with Crippen LogP contribution < -0.4 is 5.32 Å². The van der Waals surface area contributed by atoms with Gasteiger partial charge in [0.05, 0.1) is 16.6 Å². The molecule has 0 aliphatic carbocycles. The van der Waals surface area contributed by atoms with Gasteiger partial charge in [-0.05, 0) is 37.6 Å². The van der Waals surface area contributed by atoms with Crippen LogP contribution in [0.25, 0.3) is 0 Å². The van der Waals surface area contributed by atoms with E-state index in [1.807, 2.05) is 38.1 Å². The third-order valence-corrected chi connectivity index (χ3v) is 3.65. The van der Waals surface area contributed by atoms with E-state index >= 15 is 0 Å². The number of carbonyl (C=O) groups is 1. The van der Waals surface area contributed by atoms with Crippen molar-refractivity contribution in [1.29, 1.82) is 0 Å². The van der Waals surface area contributed by atoms with Crippen LogP contribution in [0.4, 0.5) is 0 Å². The number of hydrogen-bond acceptors (Lipinski definition) is 1. The largest absolute Gasteiger partial charge is 0.345 e. The molecule has 104 valence electrons. The standard InChI is InChI=1S/C16H15Cl2NO/c1-10-3-5-12(6-4-10)11(2)19-16(20)14-8-7-13(17)9-15(14)18/h3-9,11H,1-2H3,(H,19,20).